The fraction of sp³-hybridized carbons (Fsp3) is 0.417. The Morgan fingerprint density at radius 1 is 1.53 bits per heavy atom. The fourth-order valence-electron chi connectivity index (χ4n) is 1.48. The Morgan fingerprint density at radius 2 is 2.12 bits per heavy atom. The van der Waals surface area contributed by atoms with Crippen LogP contribution in [0.4, 0.5) is 4.39 Å². The molecule has 0 spiro atoms. The van der Waals surface area contributed by atoms with Crippen molar-refractivity contribution in [3.8, 4) is 0 Å². The molecular weight excluding hydrogens is 287 g/mol. The van der Waals surface area contributed by atoms with Gasteiger partial charge in [-0.05, 0) is 54.4 Å². The topological polar surface area (TPSA) is 55.1 Å². The second-order valence-corrected chi connectivity index (χ2v) is 5.38. The molecule has 0 radical (unpaired) electrons. The van der Waals surface area contributed by atoms with E-state index in [0.29, 0.717) is 4.47 Å². The third-order valence-corrected chi connectivity index (χ3v) is 3.24. The lowest BCUT2D eigenvalue weighted by Crippen LogP contribution is -2.51. The highest BCUT2D eigenvalue weighted by Crippen LogP contribution is 2.22. The Balaban J connectivity index is 2.87. The summed E-state index contributed by atoms with van der Waals surface area (Å²) in [5.74, 6) is -0.736. The summed E-state index contributed by atoms with van der Waals surface area (Å²) in [7, 11) is 0. The summed E-state index contributed by atoms with van der Waals surface area (Å²) in [6.45, 7) is 5.32. The molecule has 94 valence electrons. The number of hydrogen-bond acceptors (Lipinski definition) is 2. The zero-order valence-electron chi connectivity index (χ0n) is 10.1. The van der Waals surface area contributed by atoms with Gasteiger partial charge in [0.15, 0.2) is 0 Å². The molecule has 0 aliphatic heterocycles. The summed E-state index contributed by atoms with van der Waals surface area (Å²) in [6, 6.07) is 4.64. The average Bonchev–Trinajstić information content (AvgIpc) is 2.21. The molecule has 1 rings (SSSR count). The predicted molar refractivity (Wildman–Crippen MR) is 68.9 cm³/mol. The molecule has 0 bridgehead atoms. The quantitative estimate of drug-likeness (QED) is 0.898. The van der Waals surface area contributed by atoms with Crippen LogP contribution in [-0.4, -0.2) is 11.4 Å². The van der Waals surface area contributed by atoms with E-state index in [-0.39, 0.29) is 11.9 Å². The van der Waals surface area contributed by atoms with Gasteiger partial charge in [0.05, 0.1) is 10.0 Å². The zero-order valence-corrected chi connectivity index (χ0v) is 11.6. The monoisotopic (exact) mass is 302 g/mol. The van der Waals surface area contributed by atoms with Gasteiger partial charge in [0.25, 0.3) is 0 Å². The molecule has 0 fully saturated rings. The minimum atomic E-state index is -0.805. The minimum Gasteiger partial charge on any atom is -0.368 e. The first-order chi connectivity index (χ1) is 7.74. The number of carbonyl (C=O) groups excluding carboxylic acids is 1. The molecule has 1 amide bonds. The van der Waals surface area contributed by atoms with E-state index in [1.54, 1.807) is 26.0 Å². The second kappa shape index (κ2) is 5.14. The smallest absolute Gasteiger partial charge is 0.237 e. The van der Waals surface area contributed by atoms with Crippen molar-refractivity contribution < 1.29 is 9.18 Å². The lowest BCUT2D eigenvalue weighted by atomic mass is 10.0. The summed E-state index contributed by atoms with van der Waals surface area (Å²) >= 11 is 3.13. The average molecular weight is 303 g/mol. The number of nitrogens with one attached hydrogen (secondary N) is 1. The molecule has 1 unspecified atom stereocenters. The van der Waals surface area contributed by atoms with Gasteiger partial charge in [0.1, 0.15) is 5.82 Å². The van der Waals surface area contributed by atoms with Crippen LogP contribution in [0.5, 0.6) is 0 Å². The van der Waals surface area contributed by atoms with E-state index < -0.39 is 11.4 Å². The van der Waals surface area contributed by atoms with Crippen LogP contribution in [0.1, 0.15) is 32.4 Å². The normalized spacial score (nSPS) is 13.5. The Hall–Kier alpha value is -0.940. The standard InChI is InChI=1S/C12H16BrFN2O/c1-7(16-12(2,3)11(15)17)8-4-5-10(14)9(13)6-8/h4-7,16H,1-3H3,(H2,15,17). The van der Waals surface area contributed by atoms with Crippen LogP contribution in [0.15, 0.2) is 22.7 Å². The maximum Gasteiger partial charge on any atom is 0.237 e. The van der Waals surface area contributed by atoms with Crippen LogP contribution >= 0.6 is 15.9 Å². The van der Waals surface area contributed by atoms with E-state index >= 15 is 0 Å². The fourth-order valence-corrected chi connectivity index (χ4v) is 1.87. The number of carbonyl (C=O) groups is 1. The van der Waals surface area contributed by atoms with E-state index in [1.807, 2.05) is 6.92 Å². The highest BCUT2D eigenvalue weighted by atomic mass is 79.9. The number of amides is 1. The molecule has 1 atom stereocenters. The molecule has 0 aliphatic rings. The van der Waals surface area contributed by atoms with Gasteiger partial charge in [-0.3, -0.25) is 10.1 Å². The molecule has 3 N–H and O–H groups in total. The van der Waals surface area contributed by atoms with Crippen molar-refractivity contribution in [2.45, 2.75) is 32.4 Å². The predicted octanol–water partition coefficient (Wildman–Crippen LogP) is 2.50. The molecule has 17 heavy (non-hydrogen) atoms. The number of primary amides is 1. The first-order valence-electron chi connectivity index (χ1n) is 5.26. The van der Waals surface area contributed by atoms with E-state index in [4.69, 9.17) is 5.73 Å². The summed E-state index contributed by atoms with van der Waals surface area (Å²) in [4.78, 5) is 11.2. The van der Waals surface area contributed by atoms with Crippen molar-refractivity contribution in [1.82, 2.24) is 5.32 Å². The van der Waals surface area contributed by atoms with Crippen molar-refractivity contribution in [2.24, 2.45) is 5.73 Å². The zero-order chi connectivity index (χ0) is 13.2. The molecule has 5 heteroatoms. The van der Waals surface area contributed by atoms with Crippen molar-refractivity contribution in [1.29, 1.82) is 0 Å². The van der Waals surface area contributed by atoms with Crippen LogP contribution in [0, 0.1) is 5.82 Å². The van der Waals surface area contributed by atoms with Crippen LogP contribution in [0.2, 0.25) is 0 Å². The third-order valence-electron chi connectivity index (χ3n) is 2.64. The number of nitrogens with two attached hydrogens (primary N) is 1. The molecule has 0 saturated carbocycles. The lowest BCUT2D eigenvalue weighted by molar-refractivity contribution is -0.123. The summed E-state index contributed by atoms with van der Waals surface area (Å²) < 4.78 is 13.5. The third kappa shape index (κ3) is 3.51. The Kier molecular flexibility index (Phi) is 4.27. The van der Waals surface area contributed by atoms with Crippen molar-refractivity contribution in [2.75, 3.05) is 0 Å². The minimum absolute atomic E-state index is 0.102. The van der Waals surface area contributed by atoms with Crippen molar-refractivity contribution >= 4 is 21.8 Å². The highest BCUT2D eigenvalue weighted by molar-refractivity contribution is 9.10. The molecule has 3 nitrogen and oxygen atoms in total. The molecule has 0 aliphatic carbocycles. The van der Waals surface area contributed by atoms with Crippen molar-refractivity contribution in [3.63, 3.8) is 0 Å². The summed E-state index contributed by atoms with van der Waals surface area (Å²) in [5.41, 5.74) is 5.36. The molecular formula is C12H16BrFN2O. The maximum atomic E-state index is 13.1. The van der Waals surface area contributed by atoms with Gasteiger partial charge in [-0.25, -0.2) is 4.39 Å². The largest absolute Gasteiger partial charge is 0.368 e. The Bertz CT molecular complexity index is 435. The number of hydrogen-bond donors (Lipinski definition) is 2. The van der Waals surface area contributed by atoms with Gasteiger partial charge in [0.2, 0.25) is 5.91 Å². The first kappa shape index (κ1) is 14.1. The number of rotatable bonds is 4. The van der Waals surface area contributed by atoms with E-state index in [2.05, 4.69) is 21.2 Å². The molecule has 0 heterocycles. The van der Waals surface area contributed by atoms with Crippen LogP contribution in [0.25, 0.3) is 0 Å². The van der Waals surface area contributed by atoms with E-state index in [0.717, 1.165) is 5.56 Å². The summed E-state index contributed by atoms with van der Waals surface area (Å²) in [6.07, 6.45) is 0. The van der Waals surface area contributed by atoms with Gasteiger partial charge in [-0.1, -0.05) is 6.07 Å². The molecule has 1 aromatic carbocycles. The molecule has 1 aromatic rings. The van der Waals surface area contributed by atoms with E-state index in [9.17, 15) is 9.18 Å². The second-order valence-electron chi connectivity index (χ2n) is 4.53. The van der Waals surface area contributed by atoms with Crippen LogP contribution in [-0.2, 0) is 4.79 Å². The van der Waals surface area contributed by atoms with Crippen LogP contribution in [0.3, 0.4) is 0 Å². The summed E-state index contributed by atoms with van der Waals surface area (Å²) in [5, 5.41) is 3.10. The van der Waals surface area contributed by atoms with Gasteiger partial charge in [0, 0.05) is 6.04 Å². The number of benzene rings is 1. The maximum absolute atomic E-state index is 13.1. The number of halogens is 2. The van der Waals surface area contributed by atoms with Crippen molar-refractivity contribution in [3.05, 3.63) is 34.1 Å². The Morgan fingerprint density at radius 3 is 2.59 bits per heavy atom. The van der Waals surface area contributed by atoms with E-state index in [1.165, 1.54) is 6.07 Å². The highest BCUT2D eigenvalue weighted by Gasteiger charge is 2.26. The van der Waals surface area contributed by atoms with Gasteiger partial charge in [-0.15, -0.1) is 0 Å². The van der Waals surface area contributed by atoms with Gasteiger partial charge >= 0.3 is 0 Å². The first-order valence-corrected chi connectivity index (χ1v) is 6.06. The molecule has 0 aromatic heterocycles. The lowest BCUT2D eigenvalue weighted by Gasteiger charge is -2.27. The van der Waals surface area contributed by atoms with Gasteiger partial charge < -0.3 is 5.73 Å². The Labute approximate surface area is 109 Å². The SMILES string of the molecule is CC(NC(C)(C)C(N)=O)c1ccc(F)c(Br)c1. The molecule has 0 saturated heterocycles. The van der Waals surface area contributed by atoms with Crippen LogP contribution < -0.4 is 11.1 Å². The van der Waals surface area contributed by atoms with Gasteiger partial charge in [-0.2, -0.15) is 0 Å².